The summed E-state index contributed by atoms with van der Waals surface area (Å²) in [6.45, 7) is 4.52. The number of benzene rings is 2. The Hall–Kier alpha value is -3.09. The van der Waals surface area contributed by atoms with Crippen LogP contribution in [0.15, 0.2) is 60.7 Å². The molecule has 3 aromatic rings. The van der Waals surface area contributed by atoms with Gasteiger partial charge in [-0.2, -0.15) is 18.2 Å². The van der Waals surface area contributed by atoms with E-state index in [-0.39, 0.29) is 0 Å². The highest BCUT2D eigenvalue weighted by molar-refractivity contribution is 5.62. The van der Waals surface area contributed by atoms with Crippen molar-refractivity contribution in [2.24, 2.45) is 0 Å². The monoisotopic (exact) mass is 372 g/mol. The first-order chi connectivity index (χ1) is 12.9. The van der Waals surface area contributed by atoms with Gasteiger partial charge in [-0.25, -0.2) is 4.98 Å². The lowest BCUT2D eigenvalue weighted by atomic mass is 10.2. The Morgan fingerprint density at radius 1 is 0.963 bits per heavy atom. The quantitative estimate of drug-likeness (QED) is 0.623. The van der Waals surface area contributed by atoms with E-state index in [0.717, 1.165) is 23.5 Å². The van der Waals surface area contributed by atoms with Crippen LogP contribution >= 0.6 is 0 Å². The smallest absolute Gasteiger partial charge is 0.340 e. The first kappa shape index (κ1) is 18.7. The van der Waals surface area contributed by atoms with Crippen LogP contribution in [-0.4, -0.2) is 16.5 Å². The van der Waals surface area contributed by atoms with E-state index in [1.807, 2.05) is 49.1 Å². The summed E-state index contributed by atoms with van der Waals surface area (Å²) in [5.41, 5.74) is 1.55. The number of aromatic nitrogens is 2. The summed E-state index contributed by atoms with van der Waals surface area (Å²) in [6, 6.07) is 16.4. The molecule has 0 amide bonds. The standard InChI is InChI=1S/C20H19F3N4/c1-3-27(17-7-5-4-6-8-17)19-24-14(2)13-18(26-19)25-16-11-9-15(10-12-16)20(21,22)23/h4-13H,3H2,1-2H3,(H,24,25,26). The third-order valence-electron chi connectivity index (χ3n) is 3.95. The number of nitrogens with zero attached hydrogens (tertiary/aromatic N) is 3. The van der Waals surface area contributed by atoms with E-state index in [4.69, 9.17) is 0 Å². The molecule has 0 spiro atoms. The van der Waals surface area contributed by atoms with Crippen molar-refractivity contribution < 1.29 is 13.2 Å². The summed E-state index contributed by atoms with van der Waals surface area (Å²) < 4.78 is 38.1. The normalized spacial score (nSPS) is 11.3. The third kappa shape index (κ3) is 4.55. The lowest BCUT2D eigenvalue weighted by molar-refractivity contribution is -0.137. The first-order valence-corrected chi connectivity index (χ1v) is 8.49. The molecule has 0 aliphatic heterocycles. The van der Waals surface area contributed by atoms with Crippen LogP contribution in [-0.2, 0) is 6.18 Å². The summed E-state index contributed by atoms with van der Waals surface area (Å²) >= 11 is 0. The Morgan fingerprint density at radius 3 is 2.22 bits per heavy atom. The molecule has 0 saturated carbocycles. The van der Waals surface area contributed by atoms with Crippen molar-refractivity contribution >= 4 is 23.1 Å². The number of rotatable bonds is 5. The molecule has 27 heavy (non-hydrogen) atoms. The molecule has 0 atom stereocenters. The van der Waals surface area contributed by atoms with Gasteiger partial charge in [-0.15, -0.1) is 0 Å². The molecule has 1 heterocycles. The summed E-state index contributed by atoms with van der Waals surface area (Å²) in [6.07, 6.45) is -4.35. The maximum atomic E-state index is 12.7. The second-order valence-electron chi connectivity index (χ2n) is 5.97. The molecule has 0 saturated heterocycles. The van der Waals surface area contributed by atoms with Gasteiger partial charge in [-0.05, 0) is 50.2 Å². The summed E-state index contributed by atoms with van der Waals surface area (Å²) in [7, 11) is 0. The summed E-state index contributed by atoms with van der Waals surface area (Å²) in [4.78, 5) is 11.0. The summed E-state index contributed by atoms with van der Waals surface area (Å²) in [5, 5.41) is 3.05. The van der Waals surface area contributed by atoms with E-state index in [1.54, 1.807) is 6.07 Å². The van der Waals surface area contributed by atoms with Crippen LogP contribution in [0.25, 0.3) is 0 Å². The van der Waals surface area contributed by atoms with Gasteiger partial charge in [0.05, 0.1) is 5.56 Å². The van der Waals surface area contributed by atoms with Gasteiger partial charge in [0.25, 0.3) is 0 Å². The molecule has 2 aromatic carbocycles. The highest BCUT2D eigenvalue weighted by Gasteiger charge is 2.29. The number of hydrogen-bond donors (Lipinski definition) is 1. The Morgan fingerprint density at radius 2 is 1.63 bits per heavy atom. The Kier molecular flexibility index (Phi) is 5.30. The van der Waals surface area contributed by atoms with Crippen LogP contribution in [0.5, 0.6) is 0 Å². The molecule has 7 heteroatoms. The van der Waals surface area contributed by atoms with Gasteiger partial charge < -0.3 is 10.2 Å². The maximum Gasteiger partial charge on any atom is 0.416 e. The van der Waals surface area contributed by atoms with Crippen LogP contribution < -0.4 is 10.2 Å². The SMILES string of the molecule is CCN(c1ccccc1)c1nc(C)cc(Nc2ccc(C(F)(F)F)cc2)n1. The van der Waals surface area contributed by atoms with Crippen LogP contribution in [0.3, 0.4) is 0 Å². The van der Waals surface area contributed by atoms with Crippen molar-refractivity contribution in [1.29, 1.82) is 0 Å². The zero-order chi connectivity index (χ0) is 19.4. The maximum absolute atomic E-state index is 12.7. The highest BCUT2D eigenvalue weighted by atomic mass is 19.4. The number of alkyl halides is 3. The third-order valence-corrected chi connectivity index (χ3v) is 3.95. The van der Waals surface area contributed by atoms with Crippen molar-refractivity contribution in [2.75, 3.05) is 16.8 Å². The lowest BCUT2D eigenvalue weighted by Crippen LogP contribution is -2.19. The number of anilines is 4. The van der Waals surface area contributed by atoms with Crippen molar-refractivity contribution in [3.05, 3.63) is 71.9 Å². The fraction of sp³-hybridized carbons (Fsp3) is 0.200. The first-order valence-electron chi connectivity index (χ1n) is 8.49. The Balaban J connectivity index is 1.87. The average molecular weight is 372 g/mol. The molecule has 0 fully saturated rings. The molecule has 0 aliphatic rings. The summed E-state index contributed by atoms with van der Waals surface area (Å²) in [5.74, 6) is 1.05. The molecule has 3 rings (SSSR count). The molecule has 4 nitrogen and oxygen atoms in total. The van der Waals surface area contributed by atoms with Gasteiger partial charge in [0.2, 0.25) is 5.95 Å². The zero-order valence-electron chi connectivity index (χ0n) is 15.0. The minimum Gasteiger partial charge on any atom is -0.340 e. The Labute approximate surface area is 155 Å². The van der Waals surface area contributed by atoms with Crippen LogP contribution in [0, 0.1) is 6.92 Å². The zero-order valence-corrected chi connectivity index (χ0v) is 15.0. The molecule has 0 radical (unpaired) electrons. The number of aryl methyl sites for hydroxylation is 1. The van der Waals surface area contributed by atoms with Crippen molar-refractivity contribution in [3.63, 3.8) is 0 Å². The molecule has 0 bridgehead atoms. The molecular weight excluding hydrogens is 353 g/mol. The molecule has 0 aliphatic carbocycles. The van der Waals surface area contributed by atoms with Gasteiger partial charge in [0.1, 0.15) is 5.82 Å². The van der Waals surface area contributed by atoms with Crippen molar-refractivity contribution in [1.82, 2.24) is 9.97 Å². The predicted molar refractivity (Wildman–Crippen MR) is 101 cm³/mol. The number of halogens is 3. The highest BCUT2D eigenvalue weighted by Crippen LogP contribution is 2.30. The van der Waals surface area contributed by atoms with Crippen LogP contribution in [0.1, 0.15) is 18.2 Å². The second kappa shape index (κ2) is 7.65. The van der Waals surface area contributed by atoms with Gasteiger partial charge >= 0.3 is 6.18 Å². The second-order valence-corrected chi connectivity index (χ2v) is 5.97. The molecule has 1 N–H and O–H groups in total. The Bertz CT molecular complexity index is 893. The molecular formula is C20H19F3N4. The largest absolute Gasteiger partial charge is 0.416 e. The van der Waals surface area contributed by atoms with Gasteiger partial charge in [0, 0.05) is 29.7 Å². The van der Waals surface area contributed by atoms with E-state index >= 15 is 0 Å². The lowest BCUT2D eigenvalue weighted by Gasteiger charge is -2.22. The van der Waals surface area contributed by atoms with E-state index in [9.17, 15) is 13.2 Å². The van der Waals surface area contributed by atoms with E-state index in [2.05, 4.69) is 15.3 Å². The minimum absolute atomic E-state index is 0.520. The van der Waals surface area contributed by atoms with Gasteiger partial charge in [-0.1, -0.05) is 18.2 Å². The average Bonchev–Trinajstić information content (AvgIpc) is 2.62. The van der Waals surface area contributed by atoms with Gasteiger partial charge in [-0.3, -0.25) is 0 Å². The fourth-order valence-electron chi connectivity index (χ4n) is 2.68. The van der Waals surface area contributed by atoms with Gasteiger partial charge in [0.15, 0.2) is 0 Å². The number of nitrogens with one attached hydrogen (secondary N) is 1. The minimum atomic E-state index is -4.35. The number of hydrogen-bond acceptors (Lipinski definition) is 4. The van der Waals surface area contributed by atoms with Crippen molar-refractivity contribution in [3.8, 4) is 0 Å². The van der Waals surface area contributed by atoms with E-state index in [0.29, 0.717) is 24.0 Å². The number of para-hydroxylation sites is 1. The molecule has 0 unspecified atom stereocenters. The van der Waals surface area contributed by atoms with E-state index in [1.165, 1.54) is 12.1 Å². The van der Waals surface area contributed by atoms with Crippen molar-refractivity contribution in [2.45, 2.75) is 20.0 Å². The van der Waals surface area contributed by atoms with Crippen LogP contribution in [0.2, 0.25) is 0 Å². The van der Waals surface area contributed by atoms with Crippen LogP contribution in [0.4, 0.5) is 36.3 Å². The van der Waals surface area contributed by atoms with E-state index < -0.39 is 11.7 Å². The molecule has 140 valence electrons. The predicted octanol–water partition coefficient (Wildman–Crippen LogP) is 5.71. The topological polar surface area (TPSA) is 41.1 Å². The fourth-order valence-corrected chi connectivity index (χ4v) is 2.68. The molecule has 1 aromatic heterocycles.